The summed E-state index contributed by atoms with van der Waals surface area (Å²) in [7, 11) is 1.64. The number of nitrogens with one attached hydrogen (secondary N) is 1. The molecule has 1 amide bonds. The van der Waals surface area contributed by atoms with E-state index in [1.165, 1.54) is 12.8 Å². The Kier molecular flexibility index (Phi) is 4.61. The van der Waals surface area contributed by atoms with Crippen LogP contribution >= 0.6 is 0 Å². The average Bonchev–Trinajstić information content (AvgIpc) is 3.42. The summed E-state index contributed by atoms with van der Waals surface area (Å²) in [6, 6.07) is 11.7. The minimum Gasteiger partial charge on any atom is -0.497 e. The quantitative estimate of drug-likeness (QED) is 0.719. The Balaban J connectivity index is 1.52. The lowest BCUT2D eigenvalue weighted by Crippen LogP contribution is -2.25. The minimum atomic E-state index is -0.0646. The van der Waals surface area contributed by atoms with Crippen LogP contribution in [0.2, 0.25) is 0 Å². The van der Waals surface area contributed by atoms with Crippen molar-refractivity contribution in [1.29, 1.82) is 0 Å². The molecule has 2 aliphatic rings. The highest BCUT2D eigenvalue weighted by Gasteiger charge is 2.33. The maximum absolute atomic E-state index is 12.5. The van der Waals surface area contributed by atoms with Crippen LogP contribution in [0.5, 0.6) is 5.75 Å². The summed E-state index contributed by atoms with van der Waals surface area (Å²) in [5.74, 6) is 2.84. The molecule has 5 rings (SSSR count). The first-order chi connectivity index (χ1) is 14.6. The third-order valence-corrected chi connectivity index (χ3v) is 5.90. The number of rotatable bonds is 4. The van der Waals surface area contributed by atoms with Gasteiger partial charge in [-0.05, 0) is 49.6 Å². The van der Waals surface area contributed by atoms with Gasteiger partial charge in [-0.3, -0.25) is 4.79 Å². The van der Waals surface area contributed by atoms with E-state index in [2.05, 4.69) is 20.4 Å². The highest BCUT2D eigenvalue weighted by Crippen LogP contribution is 2.40. The number of amides is 1. The van der Waals surface area contributed by atoms with E-state index < -0.39 is 0 Å². The second-order valence-corrected chi connectivity index (χ2v) is 7.78. The van der Waals surface area contributed by atoms with Crippen LogP contribution in [0.4, 0.5) is 11.6 Å². The molecule has 2 aliphatic heterocycles. The van der Waals surface area contributed by atoms with E-state index in [1.54, 1.807) is 11.8 Å². The van der Waals surface area contributed by atoms with E-state index in [-0.39, 0.29) is 11.8 Å². The Morgan fingerprint density at radius 3 is 2.40 bits per heavy atom. The molecule has 154 valence electrons. The molecule has 1 saturated heterocycles. The molecular formula is C22H24N6O2. The van der Waals surface area contributed by atoms with Crippen molar-refractivity contribution in [2.24, 2.45) is 0 Å². The fourth-order valence-electron chi connectivity index (χ4n) is 4.38. The summed E-state index contributed by atoms with van der Waals surface area (Å²) in [5.41, 5.74) is 2.95. The molecule has 30 heavy (non-hydrogen) atoms. The molecule has 0 unspecified atom stereocenters. The van der Waals surface area contributed by atoms with Gasteiger partial charge in [0.25, 0.3) is 0 Å². The number of carbonyl (C=O) groups is 1. The van der Waals surface area contributed by atoms with Gasteiger partial charge in [-0.25, -0.2) is 0 Å². The molecule has 8 nitrogen and oxygen atoms in total. The van der Waals surface area contributed by atoms with Crippen molar-refractivity contribution in [2.75, 3.05) is 30.4 Å². The molecule has 1 aromatic carbocycles. The van der Waals surface area contributed by atoms with Crippen LogP contribution < -0.4 is 15.0 Å². The van der Waals surface area contributed by atoms with Gasteiger partial charge in [0.2, 0.25) is 5.91 Å². The number of aryl methyl sites for hydroxylation is 1. The standard InChI is InChI=1S/C22H24N6O2/c1-14-21-17(15-5-7-16(30-2)8-6-15)13-20(29)23-22(21)28(26-14)19-10-9-18(24-25-19)27-11-3-4-12-27/h5-10,17H,3-4,11-13H2,1-2H3,(H,23,29)/t17-/m1/s1. The normalized spacial score (nSPS) is 18.3. The maximum Gasteiger partial charge on any atom is 0.226 e. The number of hydrogen-bond donors (Lipinski definition) is 1. The third-order valence-electron chi connectivity index (χ3n) is 5.90. The summed E-state index contributed by atoms with van der Waals surface area (Å²) in [4.78, 5) is 14.8. The fraction of sp³-hybridized carbons (Fsp3) is 0.364. The van der Waals surface area contributed by atoms with Gasteiger partial charge in [-0.1, -0.05) is 12.1 Å². The molecule has 3 aromatic rings. The molecule has 8 heteroatoms. The lowest BCUT2D eigenvalue weighted by molar-refractivity contribution is -0.116. The molecule has 1 fully saturated rings. The Morgan fingerprint density at radius 2 is 1.73 bits per heavy atom. The van der Waals surface area contributed by atoms with Crippen molar-refractivity contribution in [1.82, 2.24) is 20.0 Å². The first-order valence-electron chi connectivity index (χ1n) is 10.3. The van der Waals surface area contributed by atoms with E-state index >= 15 is 0 Å². The van der Waals surface area contributed by atoms with Gasteiger partial charge >= 0.3 is 0 Å². The SMILES string of the molecule is COc1ccc([C@H]2CC(=O)Nc3c2c(C)nn3-c2ccc(N3CCCC3)nn2)cc1. The molecular weight excluding hydrogens is 380 g/mol. The zero-order valence-corrected chi connectivity index (χ0v) is 17.1. The number of ether oxygens (including phenoxy) is 1. The third kappa shape index (κ3) is 3.18. The van der Waals surface area contributed by atoms with Gasteiger partial charge in [0.1, 0.15) is 11.6 Å². The van der Waals surface area contributed by atoms with E-state index in [1.807, 2.05) is 43.3 Å². The van der Waals surface area contributed by atoms with E-state index in [0.29, 0.717) is 18.1 Å². The molecule has 0 saturated carbocycles. The molecule has 1 atom stereocenters. The second-order valence-electron chi connectivity index (χ2n) is 7.78. The van der Waals surface area contributed by atoms with Crippen molar-refractivity contribution in [3.63, 3.8) is 0 Å². The van der Waals surface area contributed by atoms with Crippen LogP contribution in [0.25, 0.3) is 5.82 Å². The fourth-order valence-corrected chi connectivity index (χ4v) is 4.38. The number of anilines is 2. The Labute approximate surface area is 174 Å². The van der Waals surface area contributed by atoms with Crippen LogP contribution in [0.3, 0.4) is 0 Å². The second kappa shape index (κ2) is 7.44. The van der Waals surface area contributed by atoms with Gasteiger partial charge in [0.15, 0.2) is 11.6 Å². The smallest absolute Gasteiger partial charge is 0.226 e. The zero-order valence-electron chi connectivity index (χ0n) is 17.1. The number of methoxy groups -OCH3 is 1. The van der Waals surface area contributed by atoms with Crippen LogP contribution in [-0.2, 0) is 4.79 Å². The average molecular weight is 404 g/mol. The van der Waals surface area contributed by atoms with Crippen LogP contribution in [-0.4, -0.2) is 46.1 Å². The highest BCUT2D eigenvalue weighted by molar-refractivity contribution is 5.95. The lowest BCUT2D eigenvalue weighted by Gasteiger charge is -2.24. The Hall–Kier alpha value is -3.42. The van der Waals surface area contributed by atoms with Gasteiger partial charge in [0, 0.05) is 31.0 Å². The van der Waals surface area contributed by atoms with E-state index in [9.17, 15) is 4.79 Å². The largest absolute Gasteiger partial charge is 0.497 e. The molecule has 0 radical (unpaired) electrons. The van der Waals surface area contributed by atoms with Crippen molar-refractivity contribution in [3.8, 4) is 11.6 Å². The molecule has 0 aliphatic carbocycles. The van der Waals surface area contributed by atoms with Crippen molar-refractivity contribution in [3.05, 3.63) is 53.2 Å². The molecule has 0 bridgehead atoms. The van der Waals surface area contributed by atoms with Gasteiger partial charge < -0.3 is 15.0 Å². The predicted octanol–water partition coefficient (Wildman–Crippen LogP) is 3.05. The first kappa shape index (κ1) is 18.6. The van der Waals surface area contributed by atoms with Crippen molar-refractivity contribution >= 4 is 17.5 Å². The molecule has 2 aromatic heterocycles. The van der Waals surface area contributed by atoms with Gasteiger partial charge in [0.05, 0.1) is 12.8 Å². The minimum absolute atomic E-state index is 0.0360. The summed E-state index contributed by atoms with van der Waals surface area (Å²) < 4.78 is 6.96. The predicted molar refractivity (Wildman–Crippen MR) is 113 cm³/mol. The van der Waals surface area contributed by atoms with E-state index in [4.69, 9.17) is 9.84 Å². The van der Waals surface area contributed by atoms with Crippen LogP contribution in [0.1, 0.15) is 42.0 Å². The number of hydrogen-bond acceptors (Lipinski definition) is 6. The lowest BCUT2D eigenvalue weighted by atomic mass is 9.86. The van der Waals surface area contributed by atoms with Crippen LogP contribution in [0, 0.1) is 6.92 Å². The summed E-state index contributed by atoms with van der Waals surface area (Å²) in [6.07, 6.45) is 2.76. The molecule has 0 spiro atoms. The zero-order chi connectivity index (χ0) is 20.7. The van der Waals surface area contributed by atoms with Gasteiger partial charge in [-0.15, -0.1) is 10.2 Å². The van der Waals surface area contributed by atoms with E-state index in [0.717, 1.165) is 41.5 Å². The number of fused-ring (bicyclic) bond motifs is 1. The number of benzene rings is 1. The first-order valence-corrected chi connectivity index (χ1v) is 10.3. The van der Waals surface area contributed by atoms with Crippen molar-refractivity contribution < 1.29 is 9.53 Å². The topological polar surface area (TPSA) is 85.2 Å². The van der Waals surface area contributed by atoms with Crippen molar-refractivity contribution in [2.45, 2.75) is 32.1 Å². The summed E-state index contributed by atoms with van der Waals surface area (Å²) in [5, 5.41) is 16.5. The van der Waals surface area contributed by atoms with Crippen LogP contribution in [0.15, 0.2) is 36.4 Å². The maximum atomic E-state index is 12.5. The summed E-state index contributed by atoms with van der Waals surface area (Å²) >= 11 is 0. The summed E-state index contributed by atoms with van der Waals surface area (Å²) in [6.45, 7) is 4.00. The Morgan fingerprint density at radius 1 is 1.03 bits per heavy atom. The number of aromatic nitrogens is 4. The number of nitrogens with zero attached hydrogens (tertiary/aromatic N) is 5. The molecule has 1 N–H and O–H groups in total. The highest BCUT2D eigenvalue weighted by atomic mass is 16.5. The Bertz CT molecular complexity index is 1070. The number of carbonyl (C=O) groups excluding carboxylic acids is 1. The molecule has 4 heterocycles. The van der Waals surface area contributed by atoms with Gasteiger partial charge in [-0.2, -0.15) is 9.78 Å². The monoisotopic (exact) mass is 404 g/mol.